The molecule has 6 heteroatoms. The van der Waals surface area contributed by atoms with Gasteiger partial charge in [-0.05, 0) is 43.3 Å². The number of carbonyl (C=O) groups is 1. The molecule has 0 fully saturated rings. The van der Waals surface area contributed by atoms with Gasteiger partial charge >= 0.3 is 5.97 Å². The Bertz CT molecular complexity index is 1100. The van der Waals surface area contributed by atoms with Gasteiger partial charge in [-0.25, -0.2) is 4.79 Å². The highest BCUT2D eigenvalue weighted by molar-refractivity contribution is 6.01. The van der Waals surface area contributed by atoms with Gasteiger partial charge in [-0.3, -0.25) is 4.98 Å². The lowest BCUT2D eigenvalue weighted by molar-refractivity contribution is -0.137. The van der Waals surface area contributed by atoms with Crippen LogP contribution in [0.4, 0.5) is 0 Å². The van der Waals surface area contributed by atoms with Crippen molar-refractivity contribution >= 4 is 22.9 Å². The van der Waals surface area contributed by atoms with Crippen LogP contribution in [-0.4, -0.2) is 22.1 Å². The number of rotatable bonds is 5. The predicted octanol–water partition coefficient (Wildman–Crippen LogP) is 3.43. The van der Waals surface area contributed by atoms with Crippen molar-refractivity contribution < 1.29 is 9.53 Å². The Balaban J connectivity index is 2.13. The van der Waals surface area contributed by atoms with Crippen LogP contribution in [0.2, 0.25) is 0 Å². The molecule has 0 aliphatic rings. The zero-order valence-corrected chi connectivity index (χ0v) is 14.7. The molecule has 0 radical (unpaired) electrons. The molecule has 0 spiro atoms. The first-order chi connectivity index (χ1) is 13.2. The molecule has 1 aromatic carbocycles. The van der Waals surface area contributed by atoms with Crippen LogP contribution in [0.1, 0.15) is 23.7 Å². The van der Waals surface area contributed by atoms with Gasteiger partial charge in [0.25, 0.3) is 0 Å². The van der Waals surface area contributed by atoms with E-state index in [1.54, 1.807) is 25.3 Å². The number of nitrogens with zero attached hydrogens (tertiary/aromatic N) is 4. The number of esters is 1. The summed E-state index contributed by atoms with van der Waals surface area (Å²) < 4.78 is 6.90. The van der Waals surface area contributed by atoms with Crippen LogP contribution in [-0.2, 0) is 16.1 Å². The molecule has 0 aliphatic carbocycles. The Hall–Kier alpha value is -3.90. The SMILES string of the molecule is CCOC(=O)/C(C#N)=C/c1cn(Cc2ccccn2)c2ccc(C#N)cc12. The lowest BCUT2D eigenvalue weighted by atomic mass is 10.1. The van der Waals surface area contributed by atoms with Crippen LogP contribution < -0.4 is 0 Å². The highest BCUT2D eigenvalue weighted by atomic mass is 16.5. The number of pyridine rings is 1. The number of nitriles is 2. The molecule has 3 aromatic rings. The molecule has 0 saturated heterocycles. The molecular formula is C21H16N4O2. The van der Waals surface area contributed by atoms with Gasteiger partial charge < -0.3 is 9.30 Å². The van der Waals surface area contributed by atoms with E-state index in [9.17, 15) is 15.3 Å². The Labute approximate surface area is 156 Å². The number of hydrogen-bond acceptors (Lipinski definition) is 5. The van der Waals surface area contributed by atoms with E-state index in [-0.39, 0.29) is 12.2 Å². The summed E-state index contributed by atoms with van der Waals surface area (Å²) >= 11 is 0. The van der Waals surface area contributed by atoms with Crippen molar-refractivity contribution in [3.05, 3.63) is 71.2 Å². The molecule has 0 saturated carbocycles. The number of benzene rings is 1. The smallest absolute Gasteiger partial charge is 0.348 e. The lowest BCUT2D eigenvalue weighted by Crippen LogP contribution is -2.05. The molecule has 0 N–H and O–H groups in total. The van der Waals surface area contributed by atoms with Crippen molar-refractivity contribution in [3.63, 3.8) is 0 Å². The molecule has 0 atom stereocenters. The first kappa shape index (κ1) is 17.9. The van der Waals surface area contributed by atoms with Crippen LogP contribution in [0.3, 0.4) is 0 Å². The molecule has 0 amide bonds. The average molecular weight is 356 g/mol. The van der Waals surface area contributed by atoms with Crippen LogP contribution in [0.5, 0.6) is 0 Å². The van der Waals surface area contributed by atoms with E-state index in [2.05, 4.69) is 11.1 Å². The molecule has 0 bridgehead atoms. The van der Waals surface area contributed by atoms with Crippen molar-refractivity contribution in [2.75, 3.05) is 6.61 Å². The fourth-order valence-electron chi connectivity index (χ4n) is 2.81. The van der Waals surface area contributed by atoms with Crippen molar-refractivity contribution in [1.82, 2.24) is 9.55 Å². The van der Waals surface area contributed by atoms with Gasteiger partial charge in [0.1, 0.15) is 11.6 Å². The fourth-order valence-corrected chi connectivity index (χ4v) is 2.81. The van der Waals surface area contributed by atoms with Crippen LogP contribution >= 0.6 is 0 Å². The maximum atomic E-state index is 12.0. The summed E-state index contributed by atoms with van der Waals surface area (Å²) in [5.41, 5.74) is 2.84. The number of ether oxygens (including phenoxy) is 1. The minimum Gasteiger partial charge on any atom is -0.462 e. The third kappa shape index (κ3) is 3.86. The van der Waals surface area contributed by atoms with Crippen LogP contribution in [0.15, 0.2) is 54.4 Å². The van der Waals surface area contributed by atoms with Gasteiger partial charge in [-0.1, -0.05) is 6.07 Å². The summed E-state index contributed by atoms with van der Waals surface area (Å²) in [6.07, 6.45) is 5.07. The highest BCUT2D eigenvalue weighted by Crippen LogP contribution is 2.26. The van der Waals surface area contributed by atoms with E-state index in [0.717, 1.165) is 16.6 Å². The summed E-state index contributed by atoms with van der Waals surface area (Å²) in [5, 5.41) is 19.3. The molecular weight excluding hydrogens is 340 g/mol. The largest absolute Gasteiger partial charge is 0.462 e. The first-order valence-electron chi connectivity index (χ1n) is 8.38. The fraction of sp³-hybridized carbons (Fsp3) is 0.143. The summed E-state index contributed by atoms with van der Waals surface area (Å²) in [7, 11) is 0. The van der Waals surface area contributed by atoms with Gasteiger partial charge in [0.15, 0.2) is 0 Å². The van der Waals surface area contributed by atoms with Crippen molar-refractivity contribution in [1.29, 1.82) is 10.5 Å². The van der Waals surface area contributed by atoms with Crippen molar-refractivity contribution in [2.24, 2.45) is 0 Å². The molecule has 6 nitrogen and oxygen atoms in total. The number of hydrogen-bond donors (Lipinski definition) is 0. The molecule has 0 aliphatic heterocycles. The van der Waals surface area contributed by atoms with Crippen LogP contribution in [0, 0.1) is 22.7 Å². The standard InChI is InChI=1S/C21H16N4O2/c1-2-27-21(26)16(12-23)10-17-13-25(14-18-5-3-4-8-24-18)20-7-6-15(11-22)9-19(17)20/h3-10,13H,2,14H2,1H3/b16-10+. The minimum absolute atomic E-state index is 0.0869. The topological polar surface area (TPSA) is 91.7 Å². The van der Waals surface area contributed by atoms with E-state index < -0.39 is 5.97 Å². The third-order valence-corrected chi connectivity index (χ3v) is 4.02. The Kier molecular flexibility index (Phi) is 5.30. The second kappa shape index (κ2) is 7.99. The van der Waals surface area contributed by atoms with Gasteiger partial charge in [-0.2, -0.15) is 10.5 Å². The Morgan fingerprint density at radius 2 is 2.15 bits per heavy atom. The van der Waals surface area contributed by atoms with Gasteiger partial charge in [0.05, 0.1) is 30.5 Å². The summed E-state index contributed by atoms with van der Waals surface area (Å²) in [5.74, 6) is -0.665. The third-order valence-electron chi connectivity index (χ3n) is 4.02. The summed E-state index contributed by atoms with van der Waals surface area (Å²) in [4.78, 5) is 16.3. The molecule has 2 heterocycles. The second-order valence-corrected chi connectivity index (χ2v) is 5.77. The normalized spacial score (nSPS) is 11.0. The average Bonchev–Trinajstić information content (AvgIpc) is 3.03. The van der Waals surface area contributed by atoms with Crippen molar-refractivity contribution in [3.8, 4) is 12.1 Å². The Morgan fingerprint density at radius 3 is 2.81 bits per heavy atom. The lowest BCUT2D eigenvalue weighted by Gasteiger charge is -2.04. The zero-order chi connectivity index (χ0) is 19.2. The van der Waals surface area contributed by atoms with Gasteiger partial charge in [0, 0.05) is 28.9 Å². The number of carbonyl (C=O) groups excluding carboxylic acids is 1. The van der Waals surface area contributed by atoms with E-state index >= 15 is 0 Å². The second-order valence-electron chi connectivity index (χ2n) is 5.77. The van der Waals surface area contributed by atoms with Crippen LogP contribution in [0.25, 0.3) is 17.0 Å². The van der Waals surface area contributed by atoms with Crippen molar-refractivity contribution in [2.45, 2.75) is 13.5 Å². The van der Waals surface area contributed by atoms with E-state index in [1.807, 2.05) is 41.1 Å². The molecule has 132 valence electrons. The highest BCUT2D eigenvalue weighted by Gasteiger charge is 2.14. The molecule has 0 unspecified atom stereocenters. The van der Waals surface area contributed by atoms with Gasteiger partial charge in [-0.15, -0.1) is 0 Å². The van der Waals surface area contributed by atoms with E-state index in [4.69, 9.17) is 4.74 Å². The van der Waals surface area contributed by atoms with E-state index in [0.29, 0.717) is 17.7 Å². The molecule has 2 aromatic heterocycles. The quantitative estimate of drug-likeness (QED) is 0.397. The Morgan fingerprint density at radius 1 is 1.30 bits per heavy atom. The van der Waals surface area contributed by atoms with Gasteiger partial charge in [0.2, 0.25) is 0 Å². The number of fused-ring (bicyclic) bond motifs is 1. The summed E-state index contributed by atoms with van der Waals surface area (Å²) in [6, 6.07) is 15.0. The summed E-state index contributed by atoms with van der Waals surface area (Å²) in [6.45, 7) is 2.40. The van der Waals surface area contributed by atoms with E-state index in [1.165, 1.54) is 6.08 Å². The minimum atomic E-state index is -0.665. The maximum Gasteiger partial charge on any atom is 0.348 e. The monoisotopic (exact) mass is 356 g/mol. The zero-order valence-electron chi connectivity index (χ0n) is 14.7. The maximum absolute atomic E-state index is 12.0. The molecule has 3 rings (SSSR count). The predicted molar refractivity (Wildman–Crippen MR) is 100 cm³/mol. The number of aromatic nitrogens is 2. The first-order valence-corrected chi connectivity index (χ1v) is 8.38. The molecule has 27 heavy (non-hydrogen) atoms.